The van der Waals surface area contributed by atoms with Crippen molar-refractivity contribution in [1.29, 1.82) is 0 Å². The molecule has 1 aromatic rings. The van der Waals surface area contributed by atoms with Crippen LogP contribution in [0.1, 0.15) is 13.3 Å². The van der Waals surface area contributed by atoms with Gasteiger partial charge in [-0.1, -0.05) is 6.92 Å². The largest absolute Gasteiger partial charge is 0.369 e. The summed E-state index contributed by atoms with van der Waals surface area (Å²) < 4.78 is 0.634. The standard InChI is InChI=1S/C10H12BrN3O2/c1-6-2-7(6)4-12-10-9(11)3-8(5-13-10)14(15)16/h3,5-7H,2,4H2,1H3,(H,12,13). The fraction of sp³-hybridized carbons (Fsp3) is 0.500. The van der Waals surface area contributed by atoms with Crippen molar-refractivity contribution in [3.63, 3.8) is 0 Å². The van der Waals surface area contributed by atoms with Crippen LogP contribution in [-0.4, -0.2) is 16.5 Å². The van der Waals surface area contributed by atoms with Crippen molar-refractivity contribution in [2.24, 2.45) is 11.8 Å². The van der Waals surface area contributed by atoms with Gasteiger partial charge in [0.15, 0.2) is 0 Å². The number of rotatable bonds is 4. The van der Waals surface area contributed by atoms with Crippen LogP contribution in [0.25, 0.3) is 0 Å². The first-order valence-electron chi connectivity index (χ1n) is 5.11. The van der Waals surface area contributed by atoms with Crippen LogP contribution >= 0.6 is 15.9 Å². The molecule has 1 aliphatic rings. The molecule has 1 aromatic heterocycles. The van der Waals surface area contributed by atoms with Crippen LogP contribution < -0.4 is 5.32 Å². The molecule has 0 bridgehead atoms. The molecule has 86 valence electrons. The van der Waals surface area contributed by atoms with Gasteiger partial charge in [-0.2, -0.15) is 0 Å². The van der Waals surface area contributed by atoms with Crippen LogP contribution in [0.15, 0.2) is 16.7 Å². The van der Waals surface area contributed by atoms with Crippen LogP contribution in [0.5, 0.6) is 0 Å². The van der Waals surface area contributed by atoms with Crippen LogP contribution in [-0.2, 0) is 0 Å². The van der Waals surface area contributed by atoms with Gasteiger partial charge in [-0.05, 0) is 34.2 Å². The first kappa shape index (κ1) is 11.3. The van der Waals surface area contributed by atoms with Gasteiger partial charge >= 0.3 is 0 Å². The minimum absolute atomic E-state index is 0.00258. The first-order valence-corrected chi connectivity index (χ1v) is 5.91. The number of hydrogen-bond acceptors (Lipinski definition) is 4. The van der Waals surface area contributed by atoms with Gasteiger partial charge in [0, 0.05) is 12.6 Å². The molecule has 6 heteroatoms. The summed E-state index contributed by atoms with van der Waals surface area (Å²) in [6.45, 7) is 3.09. The summed E-state index contributed by atoms with van der Waals surface area (Å²) in [5, 5.41) is 13.7. The van der Waals surface area contributed by atoms with E-state index in [0.29, 0.717) is 16.2 Å². The summed E-state index contributed by atoms with van der Waals surface area (Å²) in [7, 11) is 0. The Hall–Kier alpha value is -1.17. The van der Waals surface area contributed by atoms with Crippen molar-refractivity contribution in [3.05, 3.63) is 26.9 Å². The summed E-state index contributed by atoms with van der Waals surface area (Å²) in [5.41, 5.74) is -0.00258. The molecular formula is C10H12BrN3O2. The molecule has 16 heavy (non-hydrogen) atoms. The molecule has 0 aliphatic heterocycles. The number of nitro groups is 1. The number of anilines is 1. The molecule has 1 N–H and O–H groups in total. The lowest BCUT2D eigenvalue weighted by Gasteiger charge is -2.06. The number of pyridine rings is 1. The van der Waals surface area contributed by atoms with E-state index in [4.69, 9.17) is 0 Å². The van der Waals surface area contributed by atoms with E-state index in [9.17, 15) is 10.1 Å². The van der Waals surface area contributed by atoms with Crippen LogP contribution in [0.3, 0.4) is 0 Å². The fourth-order valence-electron chi connectivity index (χ4n) is 1.57. The van der Waals surface area contributed by atoms with E-state index < -0.39 is 4.92 Å². The molecule has 0 spiro atoms. The van der Waals surface area contributed by atoms with Crippen LogP contribution in [0, 0.1) is 22.0 Å². The van der Waals surface area contributed by atoms with Gasteiger partial charge < -0.3 is 5.32 Å². The number of aromatic nitrogens is 1. The zero-order valence-electron chi connectivity index (χ0n) is 8.81. The molecule has 1 saturated carbocycles. The molecule has 2 unspecified atom stereocenters. The van der Waals surface area contributed by atoms with E-state index in [1.807, 2.05) is 0 Å². The number of halogens is 1. The lowest BCUT2D eigenvalue weighted by molar-refractivity contribution is -0.385. The van der Waals surface area contributed by atoms with Crippen molar-refractivity contribution < 1.29 is 4.92 Å². The summed E-state index contributed by atoms with van der Waals surface area (Å²) in [4.78, 5) is 14.1. The Labute approximate surface area is 102 Å². The Morgan fingerprint density at radius 1 is 1.75 bits per heavy atom. The lowest BCUT2D eigenvalue weighted by atomic mass is 10.3. The maximum atomic E-state index is 10.5. The van der Waals surface area contributed by atoms with E-state index in [2.05, 4.69) is 33.2 Å². The highest BCUT2D eigenvalue weighted by Crippen LogP contribution is 2.37. The summed E-state index contributed by atoms with van der Waals surface area (Å²) in [5.74, 6) is 2.16. The van der Waals surface area contributed by atoms with E-state index in [-0.39, 0.29) is 5.69 Å². The molecule has 0 radical (unpaired) electrons. The highest BCUT2D eigenvalue weighted by Gasteiger charge is 2.32. The highest BCUT2D eigenvalue weighted by atomic mass is 79.9. The van der Waals surface area contributed by atoms with E-state index in [0.717, 1.165) is 12.5 Å². The first-order chi connectivity index (χ1) is 7.58. The second-order valence-corrected chi connectivity index (χ2v) is 4.99. The average Bonchev–Trinajstić information content (AvgIpc) is 2.92. The molecule has 1 heterocycles. The molecule has 0 aromatic carbocycles. The quantitative estimate of drug-likeness (QED) is 0.682. The van der Waals surface area contributed by atoms with Gasteiger partial charge in [-0.3, -0.25) is 10.1 Å². The van der Waals surface area contributed by atoms with Crippen molar-refractivity contribution >= 4 is 27.4 Å². The molecular weight excluding hydrogens is 274 g/mol. The Kier molecular flexibility index (Phi) is 3.09. The molecule has 1 aliphatic carbocycles. The van der Waals surface area contributed by atoms with E-state index >= 15 is 0 Å². The minimum atomic E-state index is -0.454. The highest BCUT2D eigenvalue weighted by molar-refractivity contribution is 9.10. The predicted molar refractivity (Wildman–Crippen MR) is 64.4 cm³/mol. The molecule has 1 fully saturated rings. The van der Waals surface area contributed by atoms with Crippen molar-refractivity contribution in [1.82, 2.24) is 4.98 Å². The number of nitrogens with zero attached hydrogens (tertiary/aromatic N) is 2. The smallest absolute Gasteiger partial charge is 0.288 e. The third-order valence-electron chi connectivity index (χ3n) is 2.85. The summed E-state index contributed by atoms with van der Waals surface area (Å²) >= 11 is 3.27. The van der Waals surface area contributed by atoms with Gasteiger partial charge in [0.25, 0.3) is 5.69 Å². The summed E-state index contributed by atoms with van der Waals surface area (Å²) in [6, 6.07) is 1.46. The van der Waals surface area contributed by atoms with Crippen molar-refractivity contribution in [3.8, 4) is 0 Å². The second kappa shape index (κ2) is 4.37. The lowest BCUT2D eigenvalue weighted by Crippen LogP contribution is -2.06. The molecule has 0 saturated heterocycles. The van der Waals surface area contributed by atoms with E-state index in [1.165, 1.54) is 18.7 Å². The Balaban J connectivity index is 2.01. The second-order valence-electron chi connectivity index (χ2n) is 4.14. The zero-order chi connectivity index (χ0) is 11.7. The van der Waals surface area contributed by atoms with Gasteiger partial charge in [0.05, 0.1) is 9.40 Å². The van der Waals surface area contributed by atoms with Crippen LogP contribution in [0.2, 0.25) is 0 Å². The molecule has 0 amide bonds. The molecule has 5 nitrogen and oxygen atoms in total. The minimum Gasteiger partial charge on any atom is -0.369 e. The predicted octanol–water partition coefficient (Wildman–Crippen LogP) is 2.82. The van der Waals surface area contributed by atoms with E-state index in [1.54, 1.807) is 0 Å². The maximum Gasteiger partial charge on any atom is 0.288 e. The van der Waals surface area contributed by atoms with Gasteiger partial charge in [-0.15, -0.1) is 0 Å². The van der Waals surface area contributed by atoms with Crippen LogP contribution in [0.4, 0.5) is 11.5 Å². The van der Waals surface area contributed by atoms with Crippen molar-refractivity contribution in [2.45, 2.75) is 13.3 Å². The molecule has 2 rings (SSSR count). The van der Waals surface area contributed by atoms with Crippen molar-refractivity contribution in [2.75, 3.05) is 11.9 Å². The normalized spacial score (nSPS) is 22.9. The monoisotopic (exact) mass is 285 g/mol. The number of nitrogens with one attached hydrogen (secondary N) is 1. The maximum absolute atomic E-state index is 10.5. The van der Waals surface area contributed by atoms with Gasteiger partial charge in [0.2, 0.25) is 0 Å². The average molecular weight is 286 g/mol. The third kappa shape index (κ3) is 2.49. The third-order valence-corrected chi connectivity index (χ3v) is 3.45. The Morgan fingerprint density at radius 3 is 2.94 bits per heavy atom. The zero-order valence-corrected chi connectivity index (χ0v) is 10.4. The number of hydrogen-bond donors (Lipinski definition) is 1. The Bertz CT molecular complexity index is 425. The van der Waals surface area contributed by atoms with Gasteiger partial charge in [-0.25, -0.2) is 4.98 Å². The summed E-state index contributed by atoms with van der Waals surface area (Å²) in [6.07, 6.45) is 2.51. The Morgan fingerprint density at radius 2 is 2.44 bits per heavy atom. The molecule has 2 atom stereocenters. The SMILES string of the molecule is CC1CC1CNc1ncc([N+](=O)[O-])cc1Br. The fourth-order valence-corrected chi connectivity index (χ4v) is 2.05. The topological polar surface area (TPSA) is 68.1 Å². The van der Waals surface area contributed by atoms with Gasteiger partial charge in [0.1, 0.15) is 12.0 Å².